The average molecular weight is 410 g/mol. The second kappa shape index (κ2) is 7.97. The Hall–Kier alpha value is -3.09. The summed E-state index contributed by atoms with van der Waals surface area (Å²) in [5.41, 5.74) is 1.15. The van der Waals surface area contributed by atoms with Gasteiger partial charge in [0.2, 0.25) is 0 Å². The van der Waals surface area contributed by atoms with Gasteiger partial charge in [0.1, 0.15) is 5.60 Å². The number of halogens is 2. The highest BCUT2D eigenvalue weighted by atomic mass is 19.3. The van der Waals surface area contributed by atoms with Crippen LogP contribution in [0.3, 0.4) is 0 Å². The van der Waals surface area contributed by atoms with E-state index in [1.807, 2.05) is 91.0 Å². The Labute approximate surface area is 172 Å². The monoisotopic (exact) mass is 410 g/mol. The second-order valence-corrected chi connectivity index (χ2v) is 7.10. The molecule has 6 heteroatoms. The van der Waals surface area contributed by atoms with Crippen LogP contribution in [0.2, 0.25) is 0 Å². The predicted octanol–water partition coefficient (Wildman–Crippen LogP) is 3.92. The molecule has 1 aliphatic heterocycles. The lowest BCUT2D eigenvalue weighted by molar-refractivity contribution is -0.163. The minimum absolute atomic E-state index is 0.415. The van der Waals surface area contributed by atoms with E-state index in [0.29, 0.717) is 0 Å². The van der Waals surface area contributed by atoms with Gasteiger partial charge in [-0.1, -0.05) is 91.0 Å². The van der Waals surface area contributed by atoms with Gasteiger partial charge < -0.3 is 14.6 Å². The van der Waals surface area contributed by atoms with E-state index in [4.69, 9.17) is 9.47 Å². The van der Waals surface area contributed by atoms with Gasteiger partial charge in [-0.05, 0) is 16.7 Å². The SMILES string of the molecule is O=C1O[C@H](COC(c2ccccc2)(c2ccccc2)c2ccccc2)[C@H](O)C1(F)F. The number of esters is 1. The normalized spacial score (nSPS) is 20.7. The quantitative estimate of drug-likeness (QED) is 0.495. The molecule has 0 saturated carbocycles. The van der Waals surface area contributed by atoms with Crippen molar-refractivity contribution >= 4 is 5.97 Å². The van der Waals surface area contributed by atoms with E-state index in [-0.39, 0.29) is 0 Å². The zero-order valence-electron chi connectivity index (χ0n) is 15.9. The summed E-state index contributed by atoms with van der Waals surface area (Å²) < 4.78 is 38.6. The van der Waals surface area contributed by atoms with E-state index in [2.05, 4.69) is 0 Å². The van der Waals surface area contributed by atoms with Gasteiger partial charge in [0.15, 0.2) is 12.2 Å². The van der Waals surface area contributed by atoms with Crippen molar-refractivity contribution in [3.8, 4) is 0 Å². The van der Waals surface area contributed by atoms with E-state index in [0.717, 1.165) is 16.7 Å². The number of hydrogen-bond acceptors (Lipinski definition) is 4. The molecule has 1 aliphatic rings. The molecule has 1 N–H and O–H groups in total. The maximum absolute atomic E-state index is 13.8. The molecule has 0 unspecified atom stereocenters. The highest BCUT2D eigenvalue weighted by molar-refractivity contribution is 5.81. The molecule has 0 aliphatic carbocycles. The first kappa shape index (κ1) is 20.2. The van der Waals surface area contributed by atoms with Gasteiger partial charge >= 0.3 is 11.9 Å². The molecule has 4 nitrogen and oxygen atoms in total. The number of cyclic esters (lactones) is 1. The third-order valence-corrected chi connectivity index (χ3v) is 5.26. The van der Waals surface area contributed by atoms with Crippen LogP contribution in [0, 0.1) is 0 Å². The number of aliphatic hydroxyl groups is 1. The van der Waals surface area contributed by atoms with Crippen LogP contribution in [-0.2, 0) is 19.9 Å². The van der Waals surface area contributed by atoms with E-state index >= 15 is 0 Å². The summed E-state index contributed by atoms with van der Waals surface area (Å²) in [5.74, 6) is -5.70. The maximum Gasteiger partial charge on any atom is 0.380 e. The van der Waals surface area contributed by atoms with Crippen LogP contribution in [0.5, 0.6) is 0 Å². The predicted molar refractivity (Wildman–Crippen MR) is 106 cm³/mol. The van der Waals surface area contributed by atoms with Crippen LogP contribution in [-0.4, -0.2) is 35.8 Å². The number of carbonyl (C=O) groups excluding carboxylic acids is 1. The van der Waals surface area contributed by atoms with Crippen molar-refractivity contribution in [1.29, 1.82) is 0 Å². The summed E-state index contributed by atoms with van der Waals surface area (Å²) in [6.07, 6.45) is -3.76. The van der Waals surface area contributed by atoms with E-state index in [1.165, 1.54) is 0 Å². The molecule has 4 rings (SSSR count). The molecule has 1 heterocycles. The zero-order valence-corrected chi connectivity index (χ0v) is 15.9. The van der Waals surface area contributed by atoms with Crippen molar-refractivity contribution in [2.75, 3.05) is 6.61 Å². The summed E-state index contributed by atoms with van der Waals surface area (Å²) >= 11 is 0. The van der Waals surface area contributed by atoms with Gasteiger partial charge in [0.25, 0.3) is 0 Å². The van der Waals surface area contributed by atoms with Crippen LogP contribution in [0.4, 0.5) is 8.78 Å². The highest BCUT2D eigenvalue weighted by Crippen LogP contribution is 2.41. The number of alkyl halides is 2. The van der Waals surface area contributed by atoms with Gasteiger partial charge in [-0.25, -0.2) is 4.79 Å². The van der Waals surface area contributed by atoms with Crippen molar-refractivity contribution in [2.45, 2.75) is 23.7 Å². The minimum atomic E-state index is -3.96. The third-order valence-electron chi connectivity index (χ3n) is 5.26. The molecule has 2 atom stereocenters. The number of rotatable bonds is 6. The molecule has 1 fully saturated rings. The number of ether oxygens (including phenoxy) is 2. The van der Waals surface area contributed by atoms with Gasteiger partial charge in [-0.2, -0.15) is 8.78 Å². The van der Waals surface area contributed by atoms with E-state index in [1.54, 1.807) is 0 Å². The van der Waals surface area contributed by atoms with Crippen LogP contribution in [0.25, 0.3) is 0 Å². The molecule has 3 aromatic carbocycles. The fraction of sp³-hybridized carbons (Fsp3) is 0.208. The standard InChI is InChI=1S/C24H20F2O4/c25-24(26)21(27)20(30-22(24)28)16-29-23(17-10-4-1-5-11-17,18-12-6-2-7-13-18)19-14-8-3-9-15-19/h1-15,20-21,27H,16H2/t20-,21+/m1/s1. The molecule has 30 heavy (non-hydrogen) atoms. The lowest BCUT2D eigenvalue weighted by atomic mass is 9.80. The fourth-order valence-corrected chi connectivity index (χ4v) is 3.74. The number of benzene rings is 3. The number of carbonyl (C=O) groups is 1. The van der Waals surface area contributed by atoms with Gasteiger partial charge in [-0.3, -0.25) is 0 Å². The summed E-state index contributed by atoms with van der Waals surface area (Å²) in [6, 6.07) is 28.0. The molecule has 0 bridgehead atoms. The van der Waals surface area contributed by atoms with E-state index in [9.17, 15) is 18.7 Å². The first-order chi connectivity index (χ1) is 14.5. The molecular weight excluding hydrogens is 390 g/mol. The lowest BCUT2D eigenvalue weighted by Crippen LogP contribution is -2.42. The maximum atomic E-state index is 13.8. The fourth-order valence-electron chi connectivity index (χ4n) is 3.74. The summed E-state index contributed by atoms with van der Waals surface area (Å²) in [6.45, 7) is -0.415. The first-order valence-electron chi connectivity index (χ1n) is 9.54. The molecule has 3 aromatic rings. The Morgan fingerprint density at radius 1 is 0.833 bits per heavy atom. The Morgan fingerprint density at radius 2 is 1.23 bits per heavy atom. The van der Waals surface area contributed by atoms with Crippen molar-refractivity contribution in [3.63, 3.8) is 0 Å². The molecule has 0 radical (unpaired) electrons. The van der Waals surface area contributed by atoms with Crippen LogP contribution in [0.15, 0.2) is 91.0 Å². The molecule has 0 aromatic heterocycles. The van der Waals surface area contributed by atoms with Crippen molar-refractivity contribution in [1.82, 2.24) is 0 Å². The summed E-state index contributed by atoms with van der Waals surface area (Å²) in [7, 11) is 0. The van der Waals surface area contributed by atoms with Crippen LogP contribution in [0.1, 0.15) is 16.7 Å². The molecule has 1 saturated heterocycles. The number of hydrogen-bond donors (Lipinski definition) is 1. The molecule has 154 valence electrons. The van der Waals surface area contributed by atoms with Gasteiger partial charge in [0.05, 0.1) is 6.61 Å². The Balaban J connectivity index is 1.81. The van der Waals surface area contributed by atoms with Crippen LogP contribution >= 0.6 is 0 Å². The summed E-state index contributed by atoms with van der Waals surface area (Å²) in [4.78, 5) is 11.5. The Bertz CT molecular complexity index is 897. The second-order valence-electron chi connectivity index (χ2n) is 7.10. The molecule has 0 amide bonds. The largest absolute Gasteiger partial charge is 0.452 e. The number of aliphatic hydroxyl groups excluding tert-OH is 1. The van der Waals surface area contributed by atoms with E-state index < -0.39 is 36.3 Å². The van der Waals surface area contributed by atoms with Crippen molar-refractivity contribution in [2.24, 2.45) is 0 Å². The molecular formula is C24H20F2O4. The first-order valence-corrected chi connectivity index (χ1v) is 9.54. The smallest absolute Gasteiger partial charge is 0.380 e. The third kappa shape index (κ3) is 3.38. The van der Waals surface area contributed by atoms with Gasteiger partial charge in [0, 0.05) is 0 Å². The summed E-state index contributed by atoms with van der Waals surface area (Å²) in [5, 5.41) is 9.92. The van der Waals surface area contributed by atoms with Crippen molar-refractivity contribution < 1.29 is 28.2 Å². The lowest BCUT2D eigenvalue weighted by Gasteiger charge is -2.36. The zero-order chi connectivity index (χ0) is 21.2. The average Bonchev–Trinajstić information content (AvgIpc) is 2.99. The van der Waals surface area contributed by atoms with Crippen molar-refractivity contribution in [3.05, 3.63) is 108 Å². The Kier molecular flexibility index (Phi) is 5.37. The molecule has 0 spiro atoms. The van der Waals surface area contributed by atoms with Crippen LogP contribution < -0.4 is 0 Å². The minimum Gasteiger partial charge on any atom is -0.452 e. The topological polar surface area (TPSA) is 55.8 Å². The highest BCUT2D eigenvalue weighted by Gasteiger charge is 2.60. The Morgan fingerprint density at radius 3 is 1.57 bits per heavy atom. The van der Waals surface area contributed by atoms with Gasteiger partial charge in [-0.15, -0.1) is 0 Å².